The number of rotatable bonds is 5. The van der Waals surface area contributed by atoms with Gasteiger partial charge >= 0.3 is 0 Å². The topological polar surface area (TPSA) is 62.9 Å². The molecule has 6 heteroatoms. The highest BCUT2D eigenvalue weighted by Gasteiger charge is 2.09. The molecule has 1 aromatic heterocycles. The zero-order valence-corrected chi connectivity index (χ0v) is 11.1. The van der Waals surface area contributed by atoms with E-state index in [4.69, 9.17) is 21.7 Å². The van der Waals surface area contributed by atoms with Gasteiger partial charge in [-0.1, -0.05) is 0 Å². The Balaban J connectivity index is 2.38. The third-order valence-corrected chi connectivity index (χ3v) is 2.51. The molecule has 0 saturated heterocycles. The fraction of sp³-hybridized carbons (Fsp3) is 0.333. The first kappa shape index (κ1) is 12.6. The monoisotopic (exact) mass is 265 g/mol. The molecule has 1 aromatic carbocycles. The quantitative estimate of drug-likeness (QED) is 0.816. The van der Waals surface area contributed by atoms with Crippen LogP contribution in [0.4, 0.5) is 0 Å². The van der Waals surface area contributed by atoms with Gasteiger partial charge in [-0.25, -0.2) is 0 Å². The smallest absolute Gasteiger partial charge is 0.213 e. The second kappa shape index (κ2) is 5.68. The Hall–Kier alpha value is -1.82. The van der Waals surface area contributed by atoms with Crippen molar-refractivity contribution in [2.24, 2.45) is 0 Å². The minimum atomic E-state index is 0.428. The lowest BCUT2D eigenvalue weighted by Crippen LogP contribution is -1.98. The van der Waals surface area contributed by atoms with Crippen molar-refractivity contribution in [1.29, 1.82) is 0 Å². The molecule has 2 aromatic rings. The molecule has 0 amide bonds. The van der Waals surface area contributed by atoms with Crippen LogP contribution in [0.3, 0.4) is 0 Å². The van der Waals surface area contributed by atoms with Gasteiger partial charge in [-0.3, -0.25) is 10.2 Å². The maximum absolute atomic E-state index is 5.56. The molecule has 0 atom stereocenters. The first-order chi connectivity index (χ1) is 8.74. The van der Waals surface area contributed by atoms with Crippen LogP contribution in [-0.2, 0) is 0 Å². The van der Waals surface area contributed by atoms with Gasteiger partial charge < -0.3 is 9.47 Å². The van der Waals surface area contributed by atoms with Crippen LogP contribution in [0.5, 0.6) is 11.5 Å². The number of hydrogen-bond acceptors (Lipinski definition) is 4. The van der Waals surface area contributed by atoms with Gasteiger partial charge in [0.2, 0.25) is 4.77 Å². The second-order valence-corrected chi connectivity index (χ2v) is 3.93. The minimum Gasteiger partial charge on any atom is -0.490 e. The third-order valence-electron chi connectivity index (χ3n) is 2.32. The Morgan fingerprint density at radius 2 is 1.83 bits per heavy atom. The van der Waals surface area contributed by atoms with Crippen molar-refractivity contribution in [3.8, 4) is 22.9 Å². The Kier molecular flexibility index (Phi) is 3.99. The number of hydrogen-bond donors (Lipinski definition) is 2. The SMILES string of the molecule is CCOc1ccc(-c2nc(=S)[nH][nH]2)cc1OCC. The van der Waals surface area contributed by atoms with Crippen LogP contribution in [0.25, 0.3) is 11.4 Å². The molecule has 1 heterocycles. The lowest BCUT2D eigenvalue weighted by molar-refractivity contribution is 0.288. The van der Waals surface area contributed by atoms with Crippen molar-refractivity contribution in [2.75, 3.05) is 13.2 Å². The van der Waals surface area contributed by atoms with Crippen LogP contribution in [-0.4, -0.2) is 28.4 Å². The van der Waals surface area contributed by atoms with Crippen molar-refractivity contribution >= 4 is 12.2 Å². The first-order valence-electron chi connectivity index (χ1n) is 5.79. The summed E-state index contributed by atoms with van der Waals surface area (Å²) in [5.41, 5.74) is 0.897. The second-order valence-electron chi connectivity index (χ2n) is 3.54. The summed E-state index contributed by atoms with van der Waals surface area (Å²) in [6.45, 7) is 5.06. The Morgan fingerprint density at radius 3 is 2.44 bits per heavy atom. The summed E-state index contributed by atoms with van der Waals surface area (Å²) in [6, 6.07) is 5.67. The summed E-state index contributed by atoms with van der Waals surface area (Å²) in [6.07, 6.45) is 0. The normalized spacial score (nSPS) is 10.3. The molecule has 18 heavy (non-hydrogen) atoms. The van der Waals surface area contributed by atoms with Crippen LogP contribution >= 0.6 is 12.2 Å². The summed E-state index contributed by atoms with van der Waals surface area (Å²) < 4.78 is 11.5. The molecule has 2 rings (SSSR count). The maximum atomic E-state index is 5.56. The van der Waals surface area contributed by atoms with Gasteiger partial charge in [0, 0.05) is 5.56 Å². The van der Waals surface area contributed by atoms with E-state index < -0.39 is 0 Å². The highest BCUT2D eigenvalue weighted by Crippen LogP contribution is 2.31. The molecule has 0 aliphatic carbocycles. The number of nitrogens with zero attached hydrogens (tertiary/aromatic N) is 1. The van der Waals surface area contributed by atoms with Gasteiger partial charge in [0.15, 0.2) is 17.3 Å². The highest BCUT2D eigenvalue weighted by molar-refractivity contribution is 7.71. The largest absolute Gasteiger partial charge is 0.490 e. The first-order valence-corrected chi connectivity index (χ1v) is 6.20. The van der Waals surface area contributed by atoms with E-state index in [0.29, 0.717) is 29.6 Å². The highest BCUT2D eigenvalue weighted by atomic mass is 32.1. The van der Waals surface area contributed by atoms with E-state index in [9.17, 15) is 0 Å². The molecule has 0 spiro atoms. The zero-order valence-electron chi connectivity index (χ0n) is 10.3. The molecule has 0 fully saturated rings. The predicted octanol–water partition coefficient (Wildman–Crippen LogP) is 2.93. The van der Waals surface area contributed by atoms with Crippen molar-refractivity contribution in [1.82, 2.24) is 15.2 Å². The average molecular weight is 265 g/mol. The van der Waals surface area contributed by atoms with E-state index in [1.807, 2.05) is 32.0 Å². The summed E-state index contributed by atoms with van der Waals surface area (Å²) in [5, 5.41) is 5.67. The predicted molar refractivity (Wildman–Crippen MR) is 71.5 cm³/mol. The maximum Gasteiger partial charge on any atom is 0.213 e. The lowest BCUT2D eigenvalue weighted by atomic mass is 10.2. The molecular weight excluding hydrogens is 250 g/mol. The van der Waals surface area contributed by atoms with E-state index in [-0.39, 0.29) is 0 Å². The Morgan fingerprint density at radius 1 is 1.11 bits per heavy atom. The third kappa shape index (κ3) is 2.70. The summed E-state index contributed by atoms with van der Waals surface area (Å²) >= 11 is 4.93. The summed E-state index contributed by atoms with van der Waals surface area (Å²) in [5.74, 6) is 2.13. The van der Waals surface area contributed by atoms with Crippen molar-refractivity contribution in [2.45, 2.75) is 13.8 Å². The minimum absolute atomic E-state index is 0.428. The summed E-state index contributed by atoms with van der Waals surface area (Å²) in [4.78, 5) is 4.17. The molecule has 0 aliphatic rings. The van der Waals surface area contributed by atoms with Gasteiger partial charge in [-0.05, 0) is 44.3 Å². The van der Waals surface area contributed by atoms with E-state index >= 15 is 0 Å². The Bertz CT molecular complexity index is 577. The number of aromatic nitrogens is 3. The Labute approximate surface area is 110 Å². The van der Waals surface area contributed by atoms with Crippen LogP contribution in [0.15, 0.2) is 18.2 Å². The van der Waals surface area contributed by atoms with E-state index in [2.05, 4.69) is 15.2 Å². The standard InChI is InChI=1S/C12H15N3O2S/c1-3-16-9-6-5-8(7-10(9)17-4-2)11-13-12(18)15-14-11/h5-7H,3-4H2,1-2H3,(H2,13,14,15,18). The number of nitrogens with one attached hydrogen (secondary N) is 2. The molecule has 96 valence electrons. The molecule has 0 radical (unpaired) electrons. The molecule has 0 saturated carbocycles. The van der Waals surface area contributed by atoms with Crippen LogP contribution in [0.2, 0.25) is 0 Å². The lowest BCUT2D eigenvalue weighted by Gasteiger charge is -2.11. The molecule has 5 nitrogen and oxygen atoms in total. The average Bonchev–Trinajstić information content (AvgIpc) is 2.79. The molecule has 0 bridgehead atoms. The number of ether oxygens (including phenoxy) is 2. The van der Waals surface area contributed by atoms with E-state index in [0.717, 1.165) is 11.3 Å². The van der Waals surface area contributed by atoms with E-state index in [1.54, 1.807) is 0 Å². The molecule has 2 N–H and O–H groups in total. The fourth-order valence-electron chi connectivity index (χ4n) is 1.61. The fourth-order valence-corrected chi connectivity index (χ4v) is 1.75. The van der Waals surface area contributed by atoms with Crippen LogP contribution in [0.1, 0.15) is 13.8 Å². The summed E-state index contributed by atoms with van der Waals surface area (Å²) in [7, 11) is 0. The van der Waals surface area contributed by atoms with Crippen molar-refractivity contribution < 1.29 is 9.47 Å². The van der Waals surface area contributed by atoms with E-state index in [1.165, 1.54) is 0 Å². The zero-order chi connectivity index (χ0) is 13.0. The van der Waals surface area contributed by atoms with Gasteiger partial charge in [0.1, 0.15) is 0 Å². The van der Waals surface area contributed by atoms with Gasteiger partial charge in [-0.2, -0.15) is 4.98 Å². The van der Waals surface area contributed by atoms with Crippen LogP contribution in [0, 0.1) is 4.77 Å². The molecule has 0 unspecified atom stereocenters. The number of benzene rings is 1. The number of aromatic amines is 2. The molecule has 0 aliphatic heterocycles. The van der Waals surface area contributed by atoms with Gasteiger partial charge in [0.05, 0.1) is 13.2 Å². The van der Waals surface area contributed by atoms with Crippen molar-refractivity contribution in [3.63, 3.8) is 0 Å². The molecular formula is C12H15N3O2S. The number of H-pyrrole nitrogens is 2. The van der Waals surface area contributed by atoms with Crippen molar-refractivity contribution in [3.05, 3.63) is 23.0 Å². The van der Waals surface area contributed by atoms with Gasteiger partial charge in [-0.15, -0.1) is 0 Å². The van der Waals surface area contributed by atoms with Gasteiger partial charge in [0.25, 0.3) is 0 Å². The van der Waals surface area contributed by atoms with Crippen LogP contribution < -0.4 is 9.47 Å².